The molecule has 1 aliphatic rings. The highest BCUT2D eigenvalue weighted by Gasteiger charge is 2.35. The third-order valence-corrected chi connectivity index (χ3v) is 5.22. The predicted molar refractivity (Wildman–Crippen MR) is 109 cm³/mol. The lowest BCUT2D eigenvalue weighted by Gasteiger charge is -2.22. The summed E-state index contributed by atoms with van der Waals surface area (Å²) in [4.78, 5) is 61.6. The van der Waals surface area contributed by atoms with E-state index in [2.05, 4.69) is 0 Å². The number of nitrogens with one attached hydrogen (secondary N) is 1. The average Bonchev–Trinajstić information content (AvgIpc) is 3.15. The number of carbonyl (C=O) groups is 5. The summed E-state index contributed by atoms with van der Waals surface area (Å²) in [6.07, 6.45) is 0.0358. The number of furan rings is 1. The van der Waals surface area contributed by atoms with Crippen molar-refractivity contribution in [2.24, 2.45) is 5.41 Å². The van der Waals surface area contributed by atoms with E-state index in [0.29, 0.717) is 0 Å². The zero-order valence-corrected chi connectivity index (χ0v) is 18.2. The lowest BCUT2D eigenvalue weighted by molar-refractivity contribution is -0.148. The summed E-state index contributed by atoms with van der Waals surface area (Å²) >= 11 is 0. The molecule has 1 heterocycles. The molecule has 0 atom stereocenters. The maximum absolute atomic E-state index is 12.6. The SMILES string of the molecule is CC(C)(COC(=O)CC(=O)c1cc2c(o1)C(=O)c1ccccc1C2=O)C(=O)NS(C)(=O)=O. The molecule has 0 aliphatic heterocycles. The molecule has 1 aliphatic carbocycles. The van der Waals surface area contributed by atoms with Gasteiger partial charge in [0.25, 0.3) is 0 Å². The number of benzene rings is 1. The summed E-state index contributed by atoms with van der Waals surface area (Å²) in [5.74, 6) is -4.35. The largest absolute Gasteiger partial charge is 0.464 e. The summed E-state index contributed by atoms with van der Waals surface area (Å²) in [6, 6.07) is 7.28. The standard InChI is InChI=1S/C21H19NO9S/c1-21(2,20(27)22-32(3,28)29)10-30-16(24)9-14(23)15-8-13-17(25)11-6-4-5-7-12(11)18(26)19(13)31-15/h4-8H,9-10H2,1-3H3,(H,22,27). The van der Waals surface area contributed by atoms with Crippen LogP contribution >= 0.6 is 0 Å². The Morgan fingerprint density at radius 3 is 2.22 bits per heavy atom. The van der Waals surface area contributed by atoms with Gasteiger partial charge in [-0.05, 0) is 19.9 Å². The molecule has 3 rings (SSSR count). The molecule has 0 saturated heterocycles. The van der Waals surface area contributed by atoms with Gasteiger partial charge in [0, 0.05) is 11.1 Å². The van der Waals surface area contributed by atoms with Crippen molar-refractivity contribution in [1.82, 2.24) is 4.72 Å². The number of ketones is 3. The molecule has 0 bridgehead atoms. The van der Waals surface area contributed by atoms with Crippen molar-refractivity contribution in [2.45, 2.75) is 20.3 Å². The first-order valence-electron chi connectivity index (χ1n) is 9.33. The van der Waals surface area contributed by atoms with Crippen molar-refractivity contribution >= 4 is 39.2 Å². The Hall–Kier alpha value is -3.60. The van der Waals surface area contributed by atoms with E-state index in [1.54, 1.807) is 16.9 Å². The van der Waals surface area contributed by atoms with Crippen LogP contribution in [0, 0.1) is 5.41 Å². The first-order valence-corrected chi connectivity index (χ1v) is 11.2. The van der Waals surface area contributed by atoms with E-state index in [9.17, 15) is 32.4 Å². The molecule has 2 aromatic rings. The lowest BCUT2D eigenvalue weighted by atomic mass is 9.88. The van der Waals surface area contributed by atoms with Crippen LogP contribution in [-0.4, -0.2) is 50.5 Å². The van der Waals surface area contributed by atoms with Crippen LogP contribution in [0.5, 0.6) is 0 Å². The number of fused-ring (bicyclic) bond motifs is 2. The minimum atomic E-state index is -3.79. The molecule has 0 radical (unpaired) electrons. The first kappa shape index (κ1) is 23.1. The van der Waals surface area contributed by atoms with E-state index in [1.807, 2.05) is 0 Å². The highest BCUT2D eigenvalue weighted by molar-refractivity contribution is 7.89. The molecular formula is C21H19NO9S. The second-order valence-electron chi connectivity index (χ2n) is 7.91. The fourth-order valence-corrected chi connectivity index (χ4v) is 3.53. The predicted octanol–water partition coefficient (Wildman–Crippen LogP) is 1.27. The summed E-state index contributed by atoms with van der Waals surface area (Å²) in [7, 11) is -3.79. The normalized spacial score (nSPS) is 13.2. The topological polar surface area (TPSA) is 154 Å². The number of amides is 1. The third-order valence-electron chi connectivity index (χ3n) is 4.67. The number of rotatable bonds is 7. The van der Waals surface area contributed by atoms with Gasteiger partial charge in [0.1, 0.15) is 13.0 Å². The number of hydrogen-bond acceptors (Lipinski definition) is 9. The van der Waals surface area contributed by atoms with Gasteiger partial charge in [-0.1, -0.05) is 24.3 Å². The Labute approximate surface area is 183 Å². The van der Waals surface area contributed by atoms with Gasteiger partial charge < -0.3 is 9.15 Å². The number of esters is 1. The van der Waals surface area contributed by atoms with Gasteiger partial charge >= 0.3 is 5.97 Å². The van der Waals surface area contributed by atoms with Gasteiger partial charge in [-0.15, -0.1) is 0 Å². The van der Waals surface area contributed by atoms with Crippen LogP contribution in [0.15, 0.2) is 34.7 Å². The van der Waals surface area contributed by atoms with Gasteiger partial charge in [0.2, 0.25) is 27.5 Å². The van der Waals surface area contributed by atoms with Crippen LogP contribution in [0.4, 0.5) is 0 Å². The van der Waals surface area contributed by atoms with Crippen LogP contribution in [0.2, 0.25) is 0 Å². The maximum Gasteiger partial charge on any atom is 0.313 e. The number of carbonyl (C=O) groups excluding carboxylic acids is 5. The fraction of sp³-hybridized carbons (Fsp3) is 0.286. The van der Waals surface area contributed by atoms with Gasteiger partial charge in [-0.2, -0.15) is 0 Å². The molecule has 168 valence electrons. The summed E-state index contributed by atoms with van der Waals surface area (Å²) in [6.45, 7) is 2.23. The molecule has 32 heavy (non-hydrogen) atoms. The van der Waals surface area contributed by atoms with Crippen molar-refractivity contribution in [3.05, 3.63) is 58.5 Å². The van der Waals surface area contributed by atoms with Crippen LogP contribution < -0.4 is 4.72 Å². The van der Waals surface area contributed by atoms with Crippen molar-refractivity contribution in [3.63, 3.8) is 0 Å². The lowest BCUT2D eigenvalue weighted by Crippen LogP contribution is -2.42. The number of hydrogen-bond donors (Lipinski definition) is 1. The van der Waals surface area contributed by atoms with Gasteiger partial charge in [0.05, 0.1) is 17.2 Å². The Bertz CT molecular complexity index is 1220. The molecule has 0 saturated carbocycles. The first-order chi connectivity index (χ1) is 14.8. The smallest absolute Gasteiger partial charge is 0.313 e. The third kappa shape index (κ3) is 4.67. The van der Waals surface area contributed by atoms with E-state index < -0.39 is 57.7 Å². The molecule has 0 spiro atoms. The Kier molecular flexibility index (Phi) is 5.88. The molecule has 1 aromatic carbocycles. The summed E-state index contributed by atoms with van der Waals surface area (Å²) in [5.41, 5.74) is -1.09. The second kappa shape index (κ2) is 8.15. The minimum absolute atomic E-state index is 0.0657. The van der Waals surface area contributed by atoms with E-state index in [-0.39, 0.29) is 28.2 Å². The Morgan fingerprint density at radius 2 is 1.62 bits per heavy atom. The monoisotopic (exact) mass is 461 g/mol. The quantitative estimate of drug-likeness (QED) is 0.311. The highest BCUT2D eigenvalue weighted by atomic mass is 32.2. The summed E-state index contributed by atoms with van der Waals surface area (Å²) < 4.78 is 34.4. The van der Waals surface area contributed by atoms with Crippen LogP contribution in [0.25, 0.3) is 0 Å². The Morgan fingerprint density at radius 1 is 1.03 bits per heavy atom. The fourth-order valence-electron chi connectivity index (χ4n) is 2.91. The zero-order valence-electron chi connectivity index (χ0n) is 17.4. The second-order valence-corrected chi connectivity index (χ2v) is 9.65. The Balaban J connectivity index is 1.67. The van der Waals surface area contributed by atoms with Gasteiger partial charge in [-0.25, -0.2) is 8.42 Å². The zero-order chi connectivity index (χ0) is 23.8. The molecule has 10 nitrogen and oxygen atoms in total. The molecule has 11 heteroatoms. The van der Waals surface area contributed by atoms with Crippen LogP contribution in [-0.2, 0) is 24.3 Å². The highest BCUT2D eigenvalue weighted by Crippen LogP contribution is 2.30. The summed E-state index contributed by atoms with van der Waals surface area (Å²) in [5, 5.41) is 0. The van der Waals surface area contributed by atoms with Crippen molar-refractivity contribution < 1.29 is 41.5 Å². The van der Waals surface area contributed by atoms with Gasteiger partial charge in [-0.3, -0.25) is 28.7 Å². The molecule has 1 aromatic heterocycles. The van der Waals surface area contributed by atoms with Gasteiger partial charge in [0.15, 0.2) is 17.3 Å². The van der Waals surface area contributed by atoms with E-state index in [1.165, 1.54) is 26.0 Å². The van der Waals surface area contributed by atoms with E-state index in [0.717, 1.165) is 12.3 Å². The molecule has 0 fully saturated rings. The van der Waals surface area contributed by atoms with Crippen molar-refractivity contribution in [1.29, 1.82) is 0 Å². The van der Waals surface area contributed by atoms with Crippen molar-refractivity contribution in [3.8, 4) is 0 Å². The van der Waals surface area contributed by atoms with Crippen LogP contribution in [0.3, 0.4) is 0 Å². The van der Waals surface area contributed by atoms with E-state index in [4.69, 9.17) is 9.15 Å². The minimum Gasteiger partial charge on any atom is -0.464 e. The average molecular weight is 461 g/mol. The number of ether oxygens (including phenoxy) is 1. The molecule has 0 unspecified atom stereocenters. The molecule has 1 amide bonds. The van der Waals surface area contributed by atoms with E-state index >= 15 is 0 Å². The number of sulfonamides is 1. The van der Waals surface area contributed by atoms with Crippen molar-refractivity contribution in [2.75, 3.05) is 12.9 Å². The molecule has 1 N–H and O–H groups in total. The maximum atomic E-state index is 12.6. The van der Waals surface area contributed by atoms with Crippen LogP contribution in [0.1, 0.15) is 62.9 Å². The molecular weight excluding hydrogens is 442 g/mol. The number of Topliss-reactive ketones (excluding diaryl/α,β-unsaturated/α-hetero) is 1.